The molecule has 0 saturated carbocycles. The number of fused-ring (bicyclic) bond motifs is 2. The van der Waals surface area contributed by atoms with Gasteiger partial charge in [-0.2, -0.15) is 0 Å². The zero-order valence-corrected chi connectivity index (χ0v) is 24.0. The maximum atomic E-state index is 14.5. The number of β-amino-alcohol motifs (C(OH)–C–C–N with tert-alkyl or cyclic N) is 1. The van der Waals surface area contributed by atoms with Crippen LogP contribution in [0.1, 0.15) is 24.5 Å². The molecule has 0 aromatic heterocycles. The zero-order valence-electron chi connectivity index (χ0n) is 23.2. The Balaban J connectivity index is 1.46. The van der Waals surface area contributed by atoms with Crippen LogP contribution < -0.4 is 4.90 Å². The Labute approximate surface area is 244 Å². The Kier molecular flexibility index (Phi) is 7.04. The van der Waals surface area contributed by atoms with Crippen LogP contribution in [0.5, 0.6) is 0 Å². The van der Waals surface area contributed by atoms with E-state index < -0.39 is 29.1 Å². The highest BCUT2D eigenvalue weighted by Gasteiger charge is 2.75. The van der Waals surface area contributed by atoms with E-state index in [1.165, 1.54) is 4.90 Å². The van der Waals surface area contributed by atoms with Crippen molar-refractivity contribution in [2.45, 2.75) is 44.1 Å². The number of aliphatic hydroxyl groups is 1. The summed E-state index contributed by atoms with van der Waals surface area (Å²) in [5.41, 5.74) is -0.0688. The number of hydrogen-bond acceptors (Lipinski definition) is 5. The maximum absolute atomic E-state index is 14.5. The number of para-hydroxylation sites is 1. The summed E-state index contributed by atoms with van der Waals surface area (Å²) in [6.45, 7) is 4.46. The Hall–Kier alpha value is -3.46. The molecule has 2 saturated heterocycles. The molecule has 4 heterocycles. The number of anilines is 1. The topological polar surface area (TPSA) is 90.4 Å². The fourth-order valence-corrected chi connectivity index (χ4v) is 7.59. The second-order valence-corrected chi connectivity index (χ2v) is 11.6. The number of rotatable bonds is 6. The number of likely N-dealkylation sites (tertiary alicyclic amines) is 1. The van der Waals surface area contributed by atoms with Crippen molar-refractivity contribution in [1.29, 1.82) is 0 Å². The number of amides is 3. The van der Waals surface area contributed by atoms with Crippen molar-refractivity contribution in [3.63, 3.8) is 0 Å². The number of benzene rings is 2. The molecular formula is C32H34ClN3O5. The molecule has 4 aliphatic heterocycles. The van der Waals surface area contributed by atoms with Gasteiger partial charge in [-0.3, -0.25) is 14.4 Å². The van der Waals surface area contributed by atoms with Crippen LogP contribution in [0.25, 0.3) is 0 Å². The highest BCUT2D eigenvalue weighted by molar-refractivity contribution is 6.34. The number of carbonyl (C=O) groups excluding carboxylic acids is 3. The lowest BCUT2D eigenvalue weighted by atomic mass is 9.73. The molecule has 2 aromatic carbocycles. The summed E-state index contributed by atoms with van der Waals surface area (Å²) < 4.78 is 6.96. The van der Waals surface area contributed by atoms with Gasteiger partial charge in [0.05, 0.1) is 34.8 Å². The van der Waals surface area contributed by atoms with E-state index in [9.17, 15) is 19.5 Å². The van der Waals surface area contributed by atoms with Gasteiger partial charge in [0, 0.05) is 26.2 Å². The predicted octanol–water partition coefficient (Wildman–Crippen LogP) is 3.50. The molecule has 4 aliphatic rings. The first-order valence-corrected chi connectivity index (χ1v) is 14.5. The second-order valence-electron chi connectivity index (χ2n) is 11.2. The van der Waals surface area contributed by atoms with Crippen molar-refractivity contribution < 1.29 is 24.2 Å². The van der Waals surface area contributed by atoms with E-state index in [4.69, 9.17) is 16.3 Å². The van der Waals surface area contributed by atoms with E-state index >= 15 is 0 Å². The van der Waals surface area contributed by atoms with E-state index in [1.807, 2.05) is 80.6 Å². The molecule has 2 aromatic rings. The number of aryl methyl sites for hydroxylation is 1. The van der Waals surface area contributed by atoms with E-state index in [-0.39, 0.29) is 37.4 Å². The first kappa shape index (κ1) is 27.7. The first-order chi connectivity index (χ1) is 19.8. The van der Waals surface area contributed by atoms with Gasteiger partial charge in [-0.1, -0.05) is 85.3 Å². The van der Waals surface area contributed by atoms with Gasteiger partial charge < -0.3 is 24.5 Å². The SMILES string of the molecule is CC[C@@]12C=CCN(Cc3ccccc3)C(=O)[C@@H]1[C@H]1C(=O)N(CCO)C3C(=O)N(c4c(C)cccc4Cl)CC=C[C@@]31O2. The van der Waals surface area contributed by atoms with E-state index in [0.29, 0.717) is 30.2 Å². The number of hydrogen-bond donors (Lipinski definition) is 1. The minimum absolute atomic E-state index is 0.0519. The third-order valence-electron chi connectivity index (χ3n) is 9.04. The Morgan fingerprint density at radius 1 is 0.951 bits per heavy atom. The summed E-state index contributed by atoms with van der Waals surface area (Å²) in [6.07, 6.45) is 7.97. The van der Waals surface area contributed by atoms with E-state index in [2.05, 4.69) is 0 Å². The van der Waals surface area contributed by atoms with Crippen LogP contribution in [0, 0.1) is 18.8 Å². The molecule has 0 bridgehead atoms. The van der Waals surface area contributed by atoms with Gasteiger partial charge in [-0.25, -0.2) is 0 Å². The summed E-state index contributed by atoms with van der Waals surface area (Å²) in [7, 11) is 0. The number of ether oxygens (including phenoxy) is 1. The van der Waals surface area contributed by atoms with Crippen molar-refractivity contribution in [1.82, 2.24) is 9.80 Å². The van der Waals surface area contributed by atoms with Crippen LogP contribution in [0.4, 0.5) is 5.69 Å². The molecule has 5 atom stereocenters. The average Bonchev–Trinajstić information content (AvgIpc) is 3.25. The molecule has 1 unspecified atom stereocenters. The maximum Gasteiger partial charge on any atom is 0.253 e. The van der Waals surface area contributed by atoms with Gasteiger partial charge in [-0.15, -0.1) is 0 Å². The van der Waals surface area contributed by atoms with Crippen LogP contribution in [0.3, 0.4) is 0 Å². The van der Waals surface area contributed by atoms with Crippen LogP contribution in [0.15, 0.2) is 72.8 Å². The van der Waals surface area contributed by atoms with Crippen LogP contribution in [0.2, 0.25) is 5.02 Å². The van der Waals surface area contributed by atoms with Gasteiger partial charge in [0.2, 0.25) is 11.8 Å². The highest BCUT2D eigenvalue weighted by Crippen LogP contribution is 2.58. The molecule has 3 amide bonds. The van der Waals surface area contributed by atoms with Gasteiger partial charge >= 0.3 is 0 Å². The minimum Gasteiger partial charge on any atom is -0.395 e. The monoisotopic (exact) mass is 575 g/mol. The summed E-state index contributed by atoms with van der Waals surface area (Å²) >= 11 is 6.59. The summed E-state index contributed by atoms with van der Waals surface area (Å²) in [4.78, 5) is 48.0. The van der Waals surface area contributed by atoms with E-state index in [1.54, 1.807) is 15.9 Å². The fraction of sp³-hybridized carbons (Fsp3) is 0.406. The molecule has 1 spiro atoms. The lowest BCUT2D eigenvalue weighted by Crippen LogP contribution is -2.56. The van der Waals surface area contributed by atoms with Gasteiger partial charge in [-0.05, 0) is 30.5 Å². The van der Waals surface area contributed by atoms with Crippen LogP contribution >= 0.6 is 11.6 Å². The van der Waals surface area contributed by atoms with Gasteiger partial charge in [0.25, 0.3) is 5.91 Å². The molecule has 2 fully saturated rings. The average molecular weight is 576 g/mol. The molecule has 214 valence electrons. The molecule has 6 rings (SSSR count). The predicted molar refractivity (Wildman–Crippen MR) is 155 cm³/mol. The largest absolute Gasteiger partial charge is 0.395 e. The zero-order chi connectivity index (χ0) is 28.9. The first-order valence-electron chi connectivity index (χ1n) is 14.1. The molecule has 0 radical (unpaired) electrons. The minimum atomic E-state index is -1.39. The Bertz CT molecular complexity index is 1420. The quantitative estimate of drug-likeness (QED) is 0.533. The number of halogens is 1. The lowest BCUT2D eigenvalue weighted by Gasteiger charge is -2.38. The molecular weight excluding hydrogens is 542 g/mol. The van der Waals surface area contributed by atoms with Crippen LogP contribution in [-0.4, -0.2) is 76.1 Å². The van der Waals surface area contributed by atoms with Crippen molar-refractivity contribution in [2.24, 2.45) is 11.8 Å². The Morgan fingerprint density at radius 2 is 1.71 bits per heavy atom. The smallest absolute Gasteiger partial charge is 0.253 e. The number of nitrogens with zero attached hydrogens (tertiary/aromatic N) is 3. The van der Waals surface area contributed by atoms with Gasteiger partial charge in [0.15, 0.2) is 0 Å². The standard InChI is InChI=1S/C32H34ClN3O5/c1-3-31-14-8-16-34(20-22-11-5-4-6-12-22)28(38)24(31)25-29(39)36(18-19-37)27-30(40)35(17-9-15-32(25,27)41-31)26-21(2)10-7-13-23(26)33/h4-15,24-25,27,37H,3,16-20H2,1-2H3/t24-,25-,27?,31+,32-/m0/s1. The van der Waals surface area contributed by atoms with Crippen LogP contribution in [-0.2, 0) is 25.7 Å². The molecule has 41 heavy (non-hydrogen) atoms. The molecule has 1 N–H and O–H groups in total. The van der Waals surface area contributed by atoms with Crippen molar-refractivity contribution >= 4 is 35.0 Å². The van der Waals surface area contributed by atoms with E-state index in [0.717, 1.165) is 11.1 Å². The third kappa shape index (κ3) is 4.15. The normalized spacial score (nSPS) is 30.8. The Morgan fingerprint density at radius 3 is 2.41 bits per heavy atom. The summed E-state index contributed by atoms with van der Waals surface area (Å²) in [5.74, 6) is -2.65. The molecule has 8 nitrogen and oxygen atoms in total. The lowest BCUT2D eigenvalue weighted by molar-refractivity contribution is -0.150. The summed E-state index contributed by atoms with van der Waals surface area (Å²) in [6, 6.07) is 14.1. The van der Waals surface area contributed by atoms with Gasteiger partial charge in [0.1, 0.15) is 11.6 Å². The summed E-state index contributed by atoms with van der Waals surface area (Å²) in [5, 5.41) is 10.4. The third-order valence-corrected chi connectivity index (χ3v) is 9.34. The highest BCUT2D eigenvalue weighted by atomic mass is 35.5. The second kappa shape index (κ2) is 10.4. The molecule has 0 aliphatic carbocycles. The molecule has 9 heteroatoms. The van der Waals surface area contributed by atoms with Crippen molar-refractivity contribution in [3.05, 3.63) is 89.0 Å². The van der Waals surface area contributed by atoms with Crippen molar-refractivity contribution in [3.8, 4) is 0 Å². The van der Waals surface area contributed by atoms with Crippen molar-refractivity contribution in [2.75, 3.05) is 31.1 Å². The number of carbonyl (C=O) groups is 3. The fourth-order valence-electron chi connectivity index (χ4n) is 7.27. The number of aliphatic hydroxyl groups excluding tert-OH is 1.